The van der Waals surface area contributed by atoms with Gasteiger partial charge >= 0.3 is 6.18 Å². The molecule has 0 saturated heterocycles. The van der Waals surface area contributed by atoms with E-state index in [1.165, 1.54) is 12.1 Å². The maximum atomic E-state index is 13.1. The van der Waals surface area contributed by atoms with Crippen molar-refractivity contribution in [3.8, 4) is 11.5 Å². The predicted molar refractivity (Wildman–Crippen MR) is 114 cm³/mol. The van der Waals surface area contributed by atoms with E-state index in [1.807, 2.05) is 12.1 Å². The second-order valence-corrected chi connectivity index (χ2v) is 8.40. The molecule has 0 aromatic carbocycles. The Balaban J connectivity index is 1.47. The third-order valence-electron chi connectivity index (χ3n) is 5.64. The van der Waals surface area contributed by atoms with Gasteiger partial charge in [0.1, 0.15) is 28.8 Å². The van der Waals surface area contributed by atoms with E-state index < -0.39 is 11.9 Å². The summed E-state index contributed by atoms with van der Waals surface area (Å²) in [5.74, 6) is 2.15. The molecule has 2 saturated carbocycles. The Labute approximate surface area is 182 Å². The first kappa shape index (κ1) is 20.6. The molecule has 2 aliphatic carbocycles. The molecule has 2 fully saturated rings. The van der Waals surface area contributed by atoms with Crippen LogP contribution in [0.25, 0.3) is 11.5 Å². The van der Waals surface area contributed by atoms with Gasteiger partial charge in [0.05, 0.1) is 0 Å². The van der Waals surface area contributed by atoms with Crippen LogP contribution in [0.15, 0.2) is 42.6 Å². The number of aromatic nitrogens is 4. The highest BCUT2D eigenvalue weighted by molar-refractivity contribution is 5.62. The van der Waals surface area contributed by atoms with Crippen LogP contribution >= 0.6 is 0 Å². The standard InChI is InChI=1S/C22H22F3N7/c23-22(24,25)16-3-1-2-15(29-16)20-31-18(28-12-13-4-5-13)11-19(32-20)30-17-10-14(6-9-27-17)21(26)7-8-21/h1-3,6,9-11,13H,4-5,7-8,12,26H2,(H2,27,28,30,31,32). The van der Waals surface area contributed by atoms with Gasteiger partial charge in [0.2, 0.25) is 0 Å². The lowest BCUT2D eigenvalue weighted by Gasteiger charge is -2.13. The molecule has 3 aromatic heterocycles. The van der Waals surface area contributed by atoms with E-state index in [-0.39, 0.29) is 17.1 Å². The summed E-state index contributed by atoms with van der Waals surface area (Å²) < 4.78 is 39.4. The molecule has 32 heavy (non-hydrogen) atoms. The Morgan fingerprint density at radius 3 is 2.50 bits per heavy atom. The van der Waals surface area contributed by atoms with Crippen molar-refractivity contribution in [2.45, 2.75) is 37.4 Å². The summed E-state index contributed by atoms with van der Waals surface area (Å²) in [7, 11) is 0. The summed E-state index contributed by atoms with van der Waals surface area (Å²) in [6, 6.07) is 9.15. The van der Waals surface area contributed by atoms with Crippen LogP contribution < -0.4 is 16.4 Å². The molecule has 166 valence electrons. The predicted octanol–water partition coefficient (Wildman–Crippen LogP) is 4.47. The molecular formula is C22H22F3N7. The molecular weight excluding hydrogens is 419 g/mol. The van der Waals surface area contributed by atoms with E-state index in [9.17, 15) is 13.2 Å². The fraction of sp³-hybridized carbons (Fsp3) is 0.364. The van der Waals surface area contributed by atoms with E-state index in [2.05, 4.69) is 30.6 Å². The average molecular weight is 441 g/mol. The van der Waals surface area contributed by atoms with Gasteiger partial charge in [-0.25, -0.2) is 19.9 Å². The first-order chi connectivity index (χ1) is 15.3. The van der Waals surface area contributed by atoms with Crippen molar-refractivity contribution in [2.24, 2.45) is 11.7 Å². The molecule has 5 rings (SSSR count). The van der Waals surface area contributed by atoms with Gasteiger partial charge in [-0.1, -0.05) is 6.07 Å². The van der Waals surface area contributed by atoms with Crippen LogP contribution in [0.5, 0.6) is 0 Å². The highest BCUT2D eigenvalue weighted by Gasteiger charge is 2.40. The minimum Gasteiger partial charge on any atom is -0.370 e. The number of alkyl halides is 3. The van der Waals surface area contributed by atoms with E-state index in [4.69, 9.17) is 5.73 Å². The summed E-state index contributed by atoms with van der Waals surface area (Å²) in [5.41, 5.74) is 6.01. The van der Waals surface area contributed by atoms with Crippen molar-refractivity contribution in [1.82, 2.24) is 19.9 Å². The number of hydrogen-bond acceptors (Lipinski definition) is 7. The lowest BCUT2D eigenvalue weighted by molar-refractivity contribution is -0.141. The molecule has 3 aromatic rings. The molecule has 0 spiro atoms. The van der Waals surface area contributed by atoms with Gasteiger partial charge in [-0.3, -0.25) is 0 Å². The van der Waals surface area contributed by atoms with E-state index in [1.54, 1.807) is 12.3 Å². The number of rotatable bonds is 7. The Morgan fingerprint density at radius 2 is 1.78 bits per heavy atom. The Kier molecular flexibility index (Phi) is 4.96. The van der Waals surface area contributed by atoms with Crippen molar-refractivity contribution in [3.05, 3.63) is 53.9 Å². The fourth-order valence-electron chi connectivity index (χ4n) is 3.37. The minimum atomic E-state index is -4.55. The van der Waals surface area contributed by atoms with Crippen molar-refractivity contribution < 1.29 is 13.2 Å². The number of pyridine rings is 2. The third-order valence-corrected chi connectivity index (χ3v) is 5.64. The molecule has 0 unspecified atom stereocenters. The lowest BCUT2D eigenvalue weighted by atomic mass is 10.1. The highest BCUT2D eigenvalue weighted by Crippen LogP contribution is 2.43. The molecule has 0 aliphatic heterocycles. The summed E-state index contributed by atoms with van der Waals surface area (Å²) in [6.45, 7) is 0.745. The quantitative estimate of drug-likeness (QED) is 0.497. The summed E-state index contributed by atoms with van der Waals surface area (Å²) >= 11 is 0. The molecule has 3 heterocycles. The zero-order chi connectivity index (χ0) is 22.3. The van der Waals surface area contributed by atoms with Crippen LogP contribution in [0.3, 0.4) is 0 Å². The number of anilines is 3. The lowest BCUT2D eigenvalue weighted by Crippen LogP contribution is -2.18. The van der Waals surface area contributed by atoms with Crippen molar-refractivity contribution >= 4 is 17.5 Å². The fourth-order valence-corrected chi connectivity index (χ4v) is 3.37. The zero-order valence-electron chi connectivity index (χ0n) is 17.2. The maximum Gasteiger partial charge on any atom is 0.433 e. The van der Waals surface area contributed by atoms with E-state index >= 15 is 0 Å². The van der Waals surface area contributed by atoms with Crippen LogP contribution in [-0.4, -0.2) is 26.5 Å². The normalized spacial score (nSPS) is 17.1. The topological polar surface area (TPSA) is 102 Å². The Bertz CT molecular complexity index is 1140. The summed E-state index contributed by atoms with van der Waals surface area (Å²) in [6.07, 6.45) is 1.28. The second kappa shape index (κ2) is 7.70. The van der Waals surface area contributed by atoms with Gasteiger partial charge in [-0.2, -0.15) is 13.2 Å². The van der Waals surface area contributed by atoms with Gasteiger partial charge in [0.25, 0.3) is 0 Å². The van der Waals surface area contributed by atoms with E-state index in [0.717, 1.165) is 43.9 Å². The molecule has 4 N–H and O–H groups in total. The van der Waals surface area contributed by atoms with Crippen LogP contribution in [0.1, 0.15) is 36.9 Å². The van der Waals surface area contributed by atoms with Crippen molar-refractivity contribution in [3.63, 3.8) is 0 Å². The van der Waals surface area contributed by atoms with Gasteiger partial charge in [-0.05, 0) is 61.4 Å². The van der Waals surface area contributed by atoms with E-state index in [0.29, 0.717) is 23.4 Å². The number of hydrogen-bond donors (Lipinski definition) is 3. The minimum absolute atomic E-state index is 0.0403. The molecule has 10 heteroatoms. The highest BCUT2D eigenvalue weighted by atomic mass is 19.4. The number of nitrogens with zero attached hydrogens (tertiary/aromatic N) is 4. The Morgan fingerprint density at radius 1 is 1.00 bits per heavy atom. The molecule has 0 atom stereocenters. The van der Waals surface area contributed by atoms with Crippen LogP contribution in [-0.2, 0) is 11.7 Å². The van der Waals surface area contributed by atoms with Gasteiger partial charge in [-0.15, -0.1) is 0 Å². The van der Waals surface area contributed by atoms with Gasteiger partial charge < -0.3 is 16.4 Å². The molecule has 7 nitrogen and oxygen atoms in total. The van der Waals surface area contributed by atoms with Gasteiger partial charge in [0.15, 0.2) is 5.82 Å². The van der Waals surface area contributed by atoms with Crippen molar-refractivity contribution in [1.29, 1.82) is 0 Å². The van der Waals surface area contributed by atoms with Crippen molar-refractivity contribution in [2.75, 3.05) is 17.2 Å². The summed E-state index contributed by atoms with van der Waals surface area (Å²) in [4.78, 5) is 16.9. The number of halogens is 3. The smallest absolute Gasteiger partial charge is 0.370 e. The average Bonchev–Trinajstić information content (AvgIpc) is 3.70. The third kappa shape index (κ3) is 4.64. The summed E-state index contributed by atoms with van der Waals surface area (Å²) in [5, 5.41) is 6.39. The number of nitrogens with two attached hydrogens (primary N) is 1. The van der Waals surface area contributed by atoms with Gasteiger partial charge in [0, 0.05) is 24.3 Å². The maximum absolute atomic E-state index is 13.1. The zero-order valence-corrected chi connectivity index (χ0v) is 17.2. The number of nitrogens with one attached hydrogen (secondary N) is 2. The second-order valence-electron chi connectivity index (χ2n) is 8.40. The molecule has 2 aliphatic rings. The Hall–Kier alpha value is -3.27. The molecule has 0 amide bonds. The van der Waals surface area contributed by atoms with Crippen LogP contribution in [0.2, 0.25) is 0 Å². The van der Waals surface area contributed by atoms with Crippen LogP contribution in [0.4, 0.5) is 30.6 Å². The molecule has 0 radical (unpaired) electrons. The first-order valence-corrected chi connectivity index (χ1v) is 10.5. The first-order valence-electron chi connectivity index (χ1n) is 10.5. The largest absolute Gasteiger partial charge is 0.433 e. The van der Waals surface area contributed by atoms with Crippen LogP contribution in [0, 0.1) is 5.92 Å². The monoisotopic (exact) mass is 441 g/mol. The molecule has 0 bridgehead atoms. The SMILES string of the molecule is NC1(c2ccnc(Nc3cc(NCC4CC4)nc(-c4cccc(C(F)(F)F)n4)n3)c2)CC1.